The molecule has 0 aromatic heterocycles. The van der Waals surface area contributed by atoms with Gasteiger partial charge in [-0.05, 0) is 0 Å². The average molecular weight is 222 g/mol. The van der Waals surface area contributed by atoms with Crippen molar-refractivity contribution in [2.45, 2.75) is 5.51 Å². The standard InChI is InChI=1S/CBF3O6S.2Li/c3-1(4,5)12(8,9)11-10-2(6)7;;/q-2;2*+1. The molecule has 0 N–H and O–H groups in total. The first kappa shape index (κ1) is 20.3. The van der Waals surface area contributed by atoms with Gasteiger partial charge in [0.2, 0.25) is 0 Å². The first-order valence-electron chi connectivity index (χ1n) is 2.14. The molecule has 0 saturated heterocycles. The SMILES string of the molecule is O=S(=O)(OOB([O-])[O-])C(F)(F)F.[Li+].[Li+]. The molecule has 0 fully saturated rings. The van der Waals surface area contributed by atoms with Gasteiger partial charge in [0.25, 0.3) is 0 Å². The third-order valence-electron chi connectivity index (χ3n) is 0.491. The molecule has 0 bridgehead atoms. The molecule has 0 aliphatic carbocycles. The van der Waals surface area contributed by atoms with Gasteiger partial charge in [0.1, 0.15) is 7.32 Å². The van der Waals surface area contributed by atoms with E-state index >= 15 is 0 Å². The van der Waals surface area contributed by atoms with Gasteiger partial charge in [-0.25, -0.2) is 0 Å². The Morgan fingerprint density at radius 1 is 1.14 bits per heavy atom. The normalized spacial score (nSPS) is 11.2. The summed E-state index contributed by atoms with van der Waals surface area (Å²) < 4.78 is 56.1. The van der Waals surface area contributed by atoms with E-state index in [1.165, 1.54) is 0 Å². The summed E-state index contributed by atoms with van der Waals surface area (Å²) in [5.41, 5.74) is -5.72. The Morgan fingerprint density at radius 2 is 1.50 bits per heavy atom. The molecule has 6 nitrogen and oxygen atoms in total. The number of hydrogen-bond donors (Lipinski definition) is 0. The van der Waals surface area contributed by atoms with Gasteiger partial charge < -0.3 is 14.9 Å². The minimum absolute atomic E-state index is 0. The fourth-order valence-electron chi connectivity index (χ4n) is 0.122. The zero-order valence-electron chi connectivity index (χ0n) is 7.07. The molecule has 0 radical (unpaired) electrons. The van der Waals surface area contributed by atoms with E-state index in [0.717, 1.165) is 0 Å². The largest absolute Gasteiger partial charge is 1.00 e. The van der Waals surface area contributed by atoms with E-state index in [-0.39, 0.29) is 37.7 Å². The molecule has 0 atom stereocenters. The van der Waals surface area contributed by atoms with E-state index in [2.05, 4.69) is 9.14 Å². The van der Waals surface area contributed by atoms with E-state index in [1.54, 1.807) is 0 Å². The minimum Gasteiger partial charge on any atom is -0.868 e. The van der Waals surface area contributed by atoms with Crippen LogP contribution >= 0.6 is 0 Å². The zero-order chi connectivity index (χ0) is 9.99. The molecule has 0 unspecified atom stereocenters. The van der Waals surface area contributed by atoms with Crippen LogP contribution in [0.15, 0.2) is 0 Å². The van der Waals surface area contributed by atoms with Crippen LogP contribution in [0.25, 0.3) is 0 Å². The maximum Gasteiger partial charge on any atom is 1.00 e. The summed E-state index contributed by atoms with van der Waals surface area (Å²) in [5.74, 6) is 0. The van der Waals surface area contributed by atoms with E-state index in [1.807, 2.05) is 0 Å². The van der Waals surface area contributed by atoms with Crippen LogP contribution in [0.3, 0.4) is 0 Å². The summed E-state index contributed by atoms with van der Waals surface area (Å²) in [4.78, 5) is 2.71. The molecule has 14 heavy (non-hydrogen) atoms. The van der Waals surface area contributed by atoms with Crippen molar-refractivity contribution in [2.24, 2.45) is 0 Å². The molecular formula is CBF3Li2O6S. The second-order valence-electron chi connectivity index (χ2n) is 1.35. The van der Waals surface area contributed by atoms with Gasteiger partial charge in [-0.2, -0.15) is 21.6 Å². The molecule has 0 aromatic rings. The minimum atomic E-state index is -6.02. The van der Waals surface area contributed by atoms with Crippen LogP contribution in [-0.2, 0) is 19.3 Å². The van der Waals surface area contributed by atoms with Gasteiger partial charge >= 0.3 is 53.3 Å². The molecule has 0 saturated carbocycles. The molecule has 0 aliphatic heterocycles. The predicted molar refractivity (Wildman–Crippen MR) is 22.9 cm³/mol. The van der Waals surface area contributed by atoms with Gasteiger partial charge in [-0.15, -0.1) is 4.33 Å². The van der Waals surface area contributed by atoms with Crippen molar-refractivity contribution in [1.82, 2.24) is 0 Å². The van der Waals surface area contributed by atoms with Crippen molar-refractivity contribution in [3.05, 3.63) is 0 Å². The molecule has 0 spiro atoms. The summed E-state index contributed by atoms with van der Waals surface area (Å²) >= 11 is 0. The molecule has 72 valence electrons. The first-order chi connectivity index (χ1) is 5.17. The van der Waals surface area contributed by atoms with E-state index in [4.69, 9.17) is 0 Å². The summed E-state index contributed by atoms with van der Waals surface area (Å²) in [7, 11) is -9.28. The van der Waals surface area contributed by atoms with Crippen molar-refractivity contribution in [3.8, 4) is 0 Å². The van der Waals surface area contributed by atoms with Gasteiger partial charge in [-0.1, -0.05) is 0 Å². The van der Waals surface area contributed by atoms with Crippen LogP contribution in [0.1, 0.15) is 0 Å². The number of alkyl halides is 3. The summed E-state index contributed by atoms with van der Waals surface area (Å²) in [6.07, 6.45) is 0. The van der Waals surface area contributed by atoms with E-state index in [9.17, 15) is 31.6 Å². The van der Waals surface area contributed by atoms with Gasteiger partial charge in [0.15, 0.2) is 0 Å². The van der Waals surface area contributed by atoms with Gasteiger partial charge in [-0.3, -0.25) is 0 Å². The van der Waals surface area contributed by atoms with Crippen molar-refractivity contribution in [1.29, 1.82) is 0 Å². The topological polar surface area (TPSA) is 98.7 Å². The van der Waals surface area contributed by atoms with Crippen LogP contribution in [0, 0.1) is 0 Å². The van der Waals surface area contributed by atoms with Crippen LogP contribution in [0.2, 0.25) is 0 Å². The predicted octanol–water partition coefficient (Wildman–Crippen LogP) is -8.50. The third kappa shape index (κ3) is 7.17. The molecular weight excluding hydrogens is 222 g/mol. The van der Waals surface area contributed by atoms with Crippen LogP contribution in [-0.4, -0.2) is 21.2 Å². The molecule has 0 aromatic carbocycles. The Morgan fingerprint density at radius 3 is 1.71 bits per heavy atom. The fraction of sp³-hybridized carbons (Fsp3) is 1.00. The Bertz CT molecular complexity index is 238. The Labute approximate surface area is 101 Å². The summed E-state index contributed by atoms with van der Waals surface area (Å²) in [6.45, 7) is 0. The zero-order valence-corrected chi connectivity index (χ0v) is 7.89. The quantitative estimate of drug-likeness (QED) is 0.203. The fourth-order valence-corrected chi connectivity index (χ4v) is 0.367. The molecule has 0 rings (SSSR count). The average Bonchev–Trinajstić information content (AvgIpc) is 1.81. The Kier molecular flexibility index (Phi) is 10.4. The van der Waals surface area contributed by atoms with Crippen LogP contribution in [0.4, 0.5) is 13.2 Å². The van der Waals surface area contributed by atoms with Crippen LogP contribution in [0.5, 0.6) is 0 Å². The third-order valence-corrected chi connectivity index (χ3v) is 1.32. The van der Waals surface area contributed by atoms with Gasteiger partial charge in [0, 0.05) is 0 Å². The second kappa shape index (κ2) is 7.17. The first-order valence-corrected chi connectivity index (χ1v) is 3.55. The van der Waals surface area contributed by atoms with Crippen LogP contribution < -0.4 is 47.8 Å². The van der Waals surface area contributed by atoms with Crippen molar-refractivity contribution < 1.29 is 78.5 Å². The number of hydrogen-bond acceptors (Lipinski definition) is 6. The van der Waals surface area contributed by atoms with Crippen molar-refractivity contribution >= 4 is 17.4 Å². The second-order valence-corrected chi connectivity index (χ2v) is 2.86. The Balaban J connectivity index is -0.000000605. The van der Waals surface area contributed by atoms with E-state index in [0.29, 0.717) is 0 Å². The van der Waals surface area contributed by atoms with E-state index < -0.39 is 22.9 Å². The number of rotatable bonds is 3. The maximum atomic E-state index is 11.3. The smallest absolute Gasteiger partial charge is 0.868 e. The summed E-state index contributed by atoms with van der Waals surface area (Å²) in [6, 6.07) is 0. The number of halogens is 3. The molecule has 0 amide bonds. The maximum absolute atomic E-state index is 11.3. The monoisotopic (exact) mass is 222 g/mol. The van der Waals surface area contributed by atoms with Crippen molar-refractivity contribution in [3.63, 3.8) is 0 Å². The molecule has 13 heteroatoms. The van der Waals surface area contributed by atoms with Crippen molar-refractivity contribution in [2.75, 3.05) is 0 Å². The Hall–Kier alpha value is 0.840. The summed E-state index contributed by atoms with van der Waals surface area (Å²) in [5, 5.41) is 18.7. The molecule has 0 aliphatic rings. The van der Waals surface area contributed by atoms with Gasteiger partial charge in [0.05, 0.1) is 0 Å². The molecule has 0 heterocycles.